The summed E-state index contributed by atoms with van der Waals surface area (Å²) in [5.74, 6) is -0.383. The minimum atomic E-state index is -3.09. The minimum Gasteiger partial charge on any atom is -0.504 e. The largest absolute Gasteiger partial charge is 0.504 e. The van der Waals surface area contributed by atoms with Gasteiger partial charge in [0.2, 0.25) is 17.2 Å². The average Bonchev–Trinajstić information content (AvgIpc) is 3.80. The number of aromatic hydroxyl groups is 1. The van der Waals surface area contributed by atoms with Crippen LogP contribution < -0.4 is 20.4 Å². The lowest BCUT2D eigenvalue weighted by atomic mass is 9.37. The highest BCUT2D eigenvalue weighted by Crippen LogP contribution is 2.75. The van der Waals surface area contributed by atoms with Crippen molar-refractivity contribution in [2.24, 2.45) is 11.3 Å². The number of aryl methyl sites for hydroxylation is 1. The van der Waals surface area contributed by atoms with E-state index in [9.17, 15) is 28.3 Å². The molecular formula is C35H38F2N10O5. The third-order valence-electron chi connectivity index (χ3n) is 11.9. The average molecular weight is 717 g/mol. The van der Waals surface area contributed by atoms with Gasteiger partial charge in [-0.1, -0.05) is 6.92 Å². The lowest BCUT2D eigenvalue weighted by Crippen LogP contribution is -2.75. The van der Waals surface area contributed by atoms with Crippen LogP contribution in [0.15, 0.2) is 29.5 Å². The molecule has 2 atom stereocenters. The molecule has 10 rings (SSSR count). The summed E-state index contributed by atoms with van der Waals surface area (Å²) in [6.07, 6.45) is 9.89. The summed E-state index contributed by atoms with van der Waals surface area (Å²) in [5.41, 5.74) is 1.54. The molecule has 272 valence electrons. The Kier molecular flexibility index (Phi) is 7.32. The fourth-order valence-corrected chi connectivity index (χ4v) is 9.38. The number of ether oxygens (including phenoxy) is 1. The monoisotopic (exact) mass is 716 g/mol. The highest BCUT2D eigenvalue weighted by molar-refractivity contribution is 5.95. The SMILES string of the molecule is CCc1c(N2CCN(C(=O)c3ncnc(C)c3O)[C@H]3CC[C@@H]32)c(=O)c2nn(-c3ccnc(OC(F)F)c3)nc2n1CC(=O)NC12CC(C3CC3)(C1)C2. The molecule has 5 saturated carbocycles. The highest BCUT2D eigenvalue weighted by Gasteiger charge is 2.72. The number of hydrogen-bond acceptors (Lipinski definition) is 11. The van der Waals surface area contributed by atoms with Gasteiger partial charge in [0.15, 0.2) is 22.6 Å². The molecule has 5 heterocycles. The van der Waals surface area contributed by atoms with Gasteiger partial charge in [0.05, 0.1) is 17.4 Å². The van der Waals surface area contributed by atoms with Gasteiger partial charge in [-0.15, -0.1) is 15.0 Å². The normalized spacial score (nSPS) is 26.0. The lowest BCUT2D eigenvalue weighted by molar-refractivity contribution is -0.176. The van der Waals surface area contributed by atoms with E-state index in [1.54, 1.807) is 16.4 Å². The van der Waals surface area contributed by atoms with Gasteiger partial charge in [0.25, 0.3) is 5.91 Å². The molecule has 5 aliphatic carbocycles. The summed E-state index contributed by atoms with van der Waals surface area (Å²) >= 11 is 0. The van der Waals surface area contributed by atoms with Crippen molar-refractivity contribution in [3.8, 4) is 17.3 Å². The number of nitrogens with one attached hydrogen (secondary N) is 1. The second-order valence-corrected chi connectivity index (χ2v) is 15.0. The van der Waals surface area contributed by atoms with E-state index in [0.29, 0.717) is 48.3 Å². The maximum Gasteiger partial charge on any atom is 0.388 e. The second-order valence-electron chi connectivity index (χ2n) is 15.0. The number of pyridine rings is 2. The number of aromatic nitrogens is 7. The molecule has 0 unspecified atom stereocenters. The fraction of sp³-hybridized carbons (Fsp3) is 0.543. The summed E-state index contributed by atoms with van der Waals surface area (Å²) in [5, 5.41) is 23.0. The molecule has 6 fully saturated rings. The van der Waals surface area contributed by atoms with Gasteiger partial charge in [0.1, 0.15) is 18.6 Å². The minimum absolute atomic E-state index is 0.0158. The molecule has 0 aromatic carbocycles. The van der Waals surface area contributed by atoms with Crippen LogP contribution in [-0.2, 0) is 17.8 Å². The summed E-state index contributed by atoms with van der Waals surface area (Å²) in [6, 6.07) is 2.31. The van der Waals surface area contributed by atoms with Gasteiger partial charge in [-0.25, -0.2) is 15.0 Å². The first kappa shape index (κ1) is 32.7. The van der Waals surface area contributed by atoms with E-state index in [-0.39, 0.29) is 76.2 Å². The van der Waals surface area contributed by atoms with E-state index in [0.717, 1.165) is 25.2 Å². The number of rotatable bonds is 10. The highest BCUT2D eigenvalue weighted by atomic mass is 19.3. The quantitative estimate of drug-likeness (QED) is 0.247. The van der Waals surface area contributed by atoms with Gasteiger partial charge in [0, 0.05) is 42.6 Å². The molecule has 2 N–H and O–H groups in total. The Morgan fingerprint density at radius 1 is 1.08 bits per heavy atom. The lowest BCUT2D eigenvalue weighted by Gasteiger charge is -2.71. The molecule has 0 spiro atoms. The molecule has 52 heavy (non-hydrogen) atoms. The predicted molar refractivity (Wildman–Crippen MR) is 180 cm³/mol. The maximum absolute atomic E-state index is 14.6. The van der Waals surface area contributed by atoms with Crippen LogP contribution in [0.4, 0.5) is 14.5 Å². The van der Waals surface area contributed by atoms with Gasteiger partial charge in [-0.2, -0.15) is 8.78 Å². The molecule has 0 radical (unpaired) electrons. The number of amides is 2. The zero-order valence-corrected chi connectivity index (χ0v) is 28.8. The summed E-state index contributed by atoms with van der Waals surface area (Å²) in [7, 11) is 0. The van der Waals surface area contributed by atoms with Gasteiger partial charge < -0.3 is 29.5 Å². The van der Waals surface area contributed by atoms with E-state index in [1.807, 2.05) is 11.8 Å². The first-order valence-electron chi connectivity index (χ1n) is 17.8. The molecule has 4 aromatic rings. The Morgan fingerprint density at radius 3 is 2.54 bits per heavy atom. The van der Waals surface area contributed by atoms with Gasteiger partial charge in [-0.3, -0.25) is 14.4 Å². The van der Waals surface area contributed by atoms with Crippen molar-refractivity contribution in [1.29, 1.82) is 0 Å². The van der Waals surface area contributed by atoms with E-state index >= 15 is 0 Å². The number of hydrogen-bond donors (Lipinski definition) is 2. The van der Waals surface area contributed by atoms with Crippen molar-refractivity contribution in [2.75, 3.05) is 18.0 Å². The Morgan fingerprint density at radius 2 is 1.85 bits per heavy atom. The smallest absolute Gasteiger partial charge is 0.388 e. The molecule has 17 heteroatoms. The number of halogens is 2. The fourth-order valence-electron chi connectivity index (χ4n) is 9.38. The molecule has 4 aromatic heterocycles. The van der Waals surface area contributed by atoms with Crippen LogP contribution in [0, 0.1) is 18.3 Å². The second kappa shape index (κ2) is 11.6. The van der Waals surface area contributed by atoms with Crippen molar-refractivity contribution in [3.63, 3.8) is 0 Å². The Balaban J connectivity index is 1.08. The van der Waals surface area contributed by atoms with Crippen molar-refractivity contribution in [2.45, 2.75) is 96.0 Å². The number of fused-ring (bicyclic) bond motifs is 2. The summed E-state index contributed by atoms with van der Waals surface area (Å²) < 4.78 is 32.2. The van der Waals surface area contributed by atoms with Crippen LogP contribution >= 0.6 is 0 Å². The van der Waals surface area contributed by atoms with Crippen molar-refractivity contribution >= 4 is 28.7 Å². The van der Waals surface area contributed by atoms with Gasteiger partial charge >= 0.3 is 6.61 Å². The van der Waals surface area contributed by atoms with Crippen LogP contribution in [0.1, 0.15) is 73.7 Å². The number of carbonyl (C=O) groups excluding carboxylic acids is 2. The van der Waals surface area contributed by atoms with Crippen molar-refractivity contribution in [1.82, 2.24) is 44.7 Å². The van der Waals surface area contributed by atoms with Crippen LogP contribution in [-0.4, -0.2) is 93.7 Å². The standard InChI is InChI=1S/C35H38F2N10O5/c1-3-21-28(44-10-11-45(23-7-6-22(23)44)32(51)27-29(49)18(2)39-17-40-27)30(50)26-31(43-47(42-26)20-8-9-38-25(12-20)52-33(36)37)46(21)13-24(48)41-35-14-34(15-35,16-35)19-4-5-19/h8-9,12,17,19,22-23,33,49H,3-7,10-11,13-16H2,1-2H3,(H,41,48)/t22-,23-,34?,35?/m0/s1. The first-order chi connectivity index (χ1) is 25.0. The van der Waals surface area contributed by atoms with Crippen LogP contribution in [0.5, 0.6) is 11.6 Å². The molecule has 1 aliphatic heterocycles. The summed E-state index contributed by atoms with van der Waals surface area (Å²) in [6.45, 7) is 0.921. The zero-order chi connectivity index (χ0) is 36.1. The Hall–Kier alpha value is -5.22. The van der Waals surface area contributed by atoms with Gasteiger partial charge in [-0.05, 0) is 75.7 Å². The number of nitrogens with zero attached hydrogens (tertiary/aromatic N) is 9. The summed E-state index contributed by atoms with van der Waals surface area (Å²) in [4.78, 5) is 58.8. The van der Waals surface area contributed by atoms with E-state index in [2.05, 4.69) is 35.2 Å². The topological polar surface area (TPSA) is 173 Å². The van der Waals surface area contributed by atoms with Crippen molar-refractivity contribution in [3.05, 3.63) is 52.0 Å². The first-order valence-corrected chi connectivity index (χ1v) is 17.8. The molecule has 6 aliphatic rings. The number of anilines is 1. The van der Waals surface area contributed by atoms with Crippen molar-refractivity contribution < 1.29 is 28.2 Å². The maximum atomic E-state index is 14.6. The Labute approximate surface area is 296 Å². The van der Waals surface area contributed by atoms with Crippen LogP contribution in [0.25, 0.3) is 16.9 Å². The third kappa shape index (κ3) is 5.02. The van der Waals surface area contributed by atoms with Crippen LogP contribution in [0.3, 0.4) is 0 Å². The van der Waals surface area contributed by atoms with Crippen LogP contribution in [0.2, 0.25) is 0 Å². The molecular weight excluding hydrogens is 678 g/mol. The number of piperazine rings is 1. The molecule has 2 amide bonds. The molecule has 1 saturated heterocycles. The van der Waals surface area contributed by atoms with E-state index < -0.39 is 12.5 Å². The zero-order valence-electron chi connectivity index (χ0n) is 28.8. The van der Waals surface area contributed by atoms with E-state index in [4.69, 9.17) is 0 Å². The van der Waals surface area contributed by atoms with E-state index in [1.165, 1.54) is 42.3 Å². The number of carbonyl (C=O) groups is 2. The molecule has 15 nitrogen and oxygen atoms in total. The Bertz CT molecular complexity index is 2180. The molecule has 2 bridgehead atoms. The number of alkyl halides is 2. The third-order valence-corrected chi connectivity index (χ3v) is 11.9. The predicted octanol–water partition coefficient (Wildman–Crippen LogP) is 2.89.